The van der Waals surface area contributed by atoms with Crippen molar-refractivity contribution >= 4 is 43.2 Å². The van der Waals surface area contributed by atoms with Crippen LogP contribution in [0.5, 0.6) is 0 Å². The first-order valence-electron chi connectivity index (χ1n) is 15.1. The van der Waals surface area contributed by atoms with E-state index < -0.39 is 25.7 Å². The maximum atomic E-state index is 12.5. The Bertz CT molecular complexity index is 1770. The lowest BCUT2D eigenvalue weighted by Crippen LogP contribution is -2.28. The zero-order chi connectivity index (χ0) is 33.2. The summed E-state index contributed by atoms with van der Waals surface area (Å²) in [5, 5.41) is 2.68. The van der Waals surface area contributed by atoms with Crippen molar-refractivity contribution < 1.29 is 35.3 Å². The Kier molecular flexibility index (Phi) is 10.1. The molecule has 0 saturated heterocycles. The summed E-state index contributed by atoms with van der Waals surface area (Å²) in [6.45, 7) is 9.63. The number of para-hydroxylation sites is 1. The molecule has 4 rings (SSSR count). The van der Waals surface area contributed by atoms with E-state index in [4.69, 9.17) is 0 Å². The second-order valence-corrected chi connectivity index (χ2v) is 15.8. The Balaban J connectivity index is 1.71. The van der Waals surface area contributed by atoms with E-state index in [9.17, 15) is 30.7 Å². The maximum absolute atomic E-state index is 12.5. The fourth-order valence-electron chi connectivity index (χ4n) is 6.42. The number of hydrogen-bond acceptors (Lipinski definition) is 6. The number of benzene rings is 2. The van der Waals surface area contributed by atoms with Crippen LogP contribution >= 0.6 is 0 Å². The zero-order valence-corrected chi connectivity index (χ0v) is 28.2. The van der Waals surface area contributed by atoms with E-state index in [-0.39, 0.29) is 22.8 Å². The van der Waals surface area contributed by atoms with Gasteiger partial charge >= 0.3 is 0 Å². The van der Waals surface area contributed by atoms with Crippen molar-refractivity contribution in [2.24, 2.45) is 0 Å². The Labute approximate surface area is 267 Å². The fourth-order valence-corrected chi connectivity index (χ4v) is 7.56. The fraction of sp³-hybridized carbons (Fsp3) is 0.455. The van der Waals surface area contributed by atoms with E-state index in [1.54, 1.807) is 13.1 Å². The molecule has 2 aliphatic rings. The highest BCUT2D eigenvalue weighted by Gasteiger charge is 2.44. The van der Waals surface area contributed by atoms with Gasteiger partial charge in [0.15, 0.2) is 5.71 Å². The van der Waals surface area contributed by atoms with Crippen molar-refractivity contribution in [2.75, 3.05) is 36.5 Å². The van der Waals surface area contributed by atoms with Crippen molar-refractivity contribution in [3.63, 3.8) is 0 Å². The molecule has 0 bridgehead atoms. The molecule has 2 aromatic carbocycles. The minimum absolute atomic E-state index is 0.179. The van der Waals surface area contributed by atoms with Crippen LogP contribution in [0.2, 0.25) is 0 Å². The van der Waals surface area contributed by atoms with Gasteiger partial charge in [0.25, 0.3) is 26.1 Å². The van der Waals surface area contributed by atoms with Crippen LogP contribution in [-0.2, 0) is 31.1 Å². The second kappa shape index (κ2) is 13.2. The minimum Gasteiger partial charge on any atom is -0.355 e. The molecule has 1 amide bonds. The van der Waals surface area contributed by atoms with Gasteiger partial charge in [-0.25, -0.2) is 0 Å². The molecule has 2 heterocycles. The minimum atomic E-state index is -4.05. The zero-order valence-electron chi connectivity index (χ0n) is 26.6. The lowest BCUT2D eigenvalue weighted by Gasteiger charge is -2.27. The molecule has 0 saturated carbocycles. The summed E-state index contributed by atoms with van der Waals surface area (Å²) in [7, 11) is -6.48. The van der Waals surface area contributed by atoms with Gasteiger partial charge < -0.3 is 10.2 Å². The lowest BCUT2D eigenvalue weighted by atomic mass is 9.81. The Morgan fingerprint density at radius 2 is 1.53 bits per heavy atom. The molecule has 2 aliphatic heterocycles. The third-order valence-electron chi connectivity index (χ3n) is 8.76. The molecule has 0 aliphatic carbocycles. The maximum Gasteiger partial charge on any atom is 0.264 e. The summed E-state index contributed by atoms with van der Waals surface area (Å²) in [4.78, 5) is 14.6. The summed E-state index contributed by atoms with van der Waals surface area (Å²) in [6, 6.07) is 13.8. The van der Waals surface area contributed by atoms with Crippen LogP contribution in [-0.4, -0.2) is 73.8 Å². The van der Waals surface area contributed by atoms with E-state index in [0.717, 1.165) is 28.3 Å². The Morgan fingerprint density at radius 3 is 2.18 bits per heavy atom. The van der Waals surface area contributed by atoms with Crippen LogP contribution in [0, 0.1) is 0 Å². The molecule has 10 nitrogen and oxygen atoms in total. The number of fused-ring (bicyclic) bond motifs is 2. The summed E-state index contributed by atoms with van der Waals surface area (Å²) < 4.78 is 65.8. The molecule has 0 unspecified atom stereocenters. The number of nitrogens with one attached hydrogen (secondary N) is 1. The van der Waals surface area contributed by atoms with Crippen LogP contribution in [0.3, 0.4) is 0 Å². The molecular formula is C33H44N3O7S2+. The van der Waals surface area contributed by atoms with Crippen LogP contribution in [0.1, 0.15) is 74.9 Å². The van der Waals surface area contributed by atoms with Crippen molar-refractivity contribution in [3.05, 3.63) is 83.1 Å². The number of allylic oxidation sites excluding steroid dienone is 4. The first-order chi connectivity index (χ1) is 21.0. The van der Waals surface area contributed by atoms with Crippen LogP contribution in [0.4, 0.5) is 11.4 Å². The smallest absolute Gasteiger partial charge is 0.264 e. The predicted octanol–water partition coefficient (Wildman–Crippen LogP) is 5.00. The molecule has 0 radical (unpaired) electrons. The average molecular weight is 659 g/mol. The second-order valence-electron chi connectivity index (χ2n) is 12.7. The van der Waals surface area contributed by atoms with E-state index in [0.29, 0.717) is 44.3 Å². The topological polar surface area (TPSA) is 144 Å². The standard InChI is InChI=1S/C33H43N3O7S2/c1-32(2)25-13-6-7-14-27(25)35(19-8-10-21-44(38,39)40)29(32)15-12-16-30-33(3,4)26-23-24(31(37)34-5)17-18-28(26)36(30)20-9-11-22-45(41,42)43/h6-7,12-18,23H,8-11,19-22H2,1-5H3,(H2-,34,37,38,39,40,41,42,43)/p+1. The normalized spacial score (nSPS) is 18.1. The van der Waals surface area contributed by atoms with Crippen LogP contribution in [0.15, 0.2) is 66.4 Å². The van der Waals surface area contributed by atoms with Gasteiger partial charge in [-0.15, -0.1) is 0 Å². The monoisotopic (exact) mass is 658 g/mol. The molecule has 244 valence electrons. The van der Waals surface area contributed by atoms with Gasteiger partial charge in [0, 0.05) is 60.1 Å². The number of carbonyl (C=O) groups excluding carboxylic acids is 1. The van der Waals surface area contributed by atoms with Crippen LogP contribution < -0.4 is 10.2 Å². The predicted molar refractivity (Wildman–Crippen MR) is 178 cm³/mol. The molecule has 45 heavy (non-hydrogen) atoms. The van der Waals surface area contributed by atoms with Gasteiger partial charge in [0.1, 0.15) is 6.54 Å². The number of carbonyl (C=O) groups is 1. The Morgan fingerprint density at radius 1 is 0.889 bits per heavy atom. The van der Waals surface area contributed by atoms with Crippen molar-refractivity contribution in [1.82, 2.24) is 5.32 Å². The molecule has 0 fully saturated rings. The van der Waals surface area contributed by atoms with Gasteiger partial charge in [-0.3, -0.25) is 13.9 Å². The van der Waals surface area contributed by atoms with Crippen molar-refractivity contribution in [3.8, 4) is 0 Å². The van der Waals surface area contributed by atoms with Crippen molar-refractivity contribution in [2.45, 2.75) is 64.2 Å². The summed E-state index contributed by atoms with van der Waals surface area (Å²) in [5.74, 6) is -0.762. The number of amides is 1. The number of anilines is 1. The molecule has 2 aromatic rings. The highest BCUT2D eigenvalue weighted by molar-refractivity contribution is 7.86. The van der Waals surface area contributed by atoms with Gasteiger partial charge in [-0.2, -0.15) is 21.4 Å². The highest BCUT2D eigenvalue weighted by atomic mass is 32.2. The third kappa shape index (κ3) is 7.74. The van der Waals surface area contributed by atoms with Gasteiger partial charge in [0.2, 0.25) is 5.69 Å². The molecule has 0 aromatic heterocycles. The SMILES string of the molecule is CNC(=O)c1ccc2c(c1)C(C)(C)/C(=C\C=C\C1=[N+](CCCCS(=O)(=O)O)c3ccccc3C1(C)C)N2CCCCS(=O)(=O)O. The first-order valence-corrected chi connectivity index (χ1v) is 18.4. The van der Waals surface area contributed by atoms with E-state index >= 15 is 0 Å². The van der Waals surface area contributed by atoms with E-state index in [1.165, 1.54) is 5.56 Å². The summed E-state index contributed by atoms with van der Waals surface area (Å²) in [5.41, 5.74) is 5.98. The molecular weight excluding hydrogens is 615 g/mol. The van der Waals surface area contributed by atoms with Crippen LogP contribution in [0.25, 0.3) is 0 Å². The van der Waals surface area contributed by atoms with Gasteiger partial charge in [-0.1, -0.05) is 38.1 Å². The van der Waals surface area contributed by atoms with E-state index in [1.807, 2.05) is 30.3 Å². The first kappa shape index (κ1) is 34.6. The largest absolute Gasteiger partial charge is 0.355 e. The van der Waals surface area contributed by atoms with Gasteiger partial charge in [0.05, 0.1) is 16.9 Å². The summed E-state index contributed by atoms with van der Waals surface area (Å²) in [6.07, 6.45) is 7.92. The summed E-state index contributed by atoms with van der Waals surface area (Å²) >= 11 is 0. The Hall–Kier alpha value is -3.32. The van der Waals surface area contributed by atoms with Crippen molar-refractivity contribution in [1.29, 1.82) is 0 Å². The molecule has 0 atom stereocenters. The lowest BCUT2D eigenvalue weighted by molar-refractivity contribution is -0.438. The molecule has 12 heteroatoms. The number of hydrogen-bond donors (Lipinski definition) is 3. The quantitative estimate of drug-likeness (QED) is 0.155. The average Bonchev–Trinajstić information content (AvgIpc) is 3.30. The molecule has 0 spiro atoms. The number of unbranched alkanes of at least 4 members (excludes halogenated alkanes) is 2. The van der Waals surface area contributed by atoms with E-state index in [2.05, 4.69) is 66.8 Å². The van der Waals surface area contributed by atoms with Gasteiger partial charge in [-0.05, 0) is 62.9 Å². The highest BCUT2D eigenvalue weighted by Crippen LogP contribution is 2.48. The number of nitrogens with zero attached hydrogens (tertiary/aromatic N) is 2. The third-order valence-corrected chi connectivity index (χ3v) is 10.4. The molecule has 3 N–H and O–H groups in total. The number of rotatable bonds is 13.